The molecule has 1 unspecified atom stereocenters. The second-order valence-corrected chi connectivity index (χ2v) is 9.36. The predicted molar refractivity (Wildman–Crippen MR) is 103 cm³/mol. The van der Waals surface area contributed by atoms with Crippen molar-refractivity contribution in [2.75, 3.05) is 25.0 Å². The molecular formula is C17H26N4O6S. The Balaban J connectivity index is 2.05. The number of nitrogens with zero attached hydrogens (tertiary/aromatic N) is 2. The fourth-order valence-corrected chi connectivity index (χ4v) is 3.50. The molecule has 0 radical (unpaired) electrons. The summed E-state index contributed by atoms with van der Waals surface area (Å²) < 4.78 is 28.2. The number of ether oxygens (including phenoxy) is 1. The van der Waals surface area contributed by atoms with Crippen LogP contribution in [0.1, 0.15) is 33.6 Å². The van der Waals surface area contributed by atoms with Crippen molar-refractivity contribution in [3.63, 3.8) is 0 Å². The minimum absolute atomic E-state index is 0.0822. The summed E-state index contributed by atoms with van der Waals surface area (Å²) in [6.45, 7) is 6.89. The molecule has 1 heterocycles. The number of likely N-dealkylation sites (tertiary alicyclic amines) is 1. The maximum absolute atomic E-state index is 12.2. The highest BCUT2D eigenvalue weighted by molar-refractivity contribution is 7.89. The van der Waals surface area contributed by atoms with Gasteiger partial charge in [0.1, 0.15) is 11.3 Å². The van der Waals surface area contributed by atoms with Gasteiger partial charge in [-0.1, -0.05) is 0 Å². The Labute approximate surface area is 164 Å². The molecule has 1 aromatic rings. The number of hydrogen-bond donors (Lipinski definition) is 2. The number of piperidine rings is 1. The van der Waals surface area contributed by atoms with Crippen LogP contribution in [-0.2, 0) is 14.8 Å². The predicted octanol–water partition coefficient (Wildman–Crippen LogP) is 2.30. The first-order valence-electron chi connectivity index (χ1n) is 8.90. The average molecular weight is 414 g/mol. The van der Waals surface area contributed by atoms with E-state index < -0.39 is 20.5 Å². The molecule has 1 aromatic carbocycles. The van der Waals surface area contributed by atoms with E-state index in [4.69, 9.17) is 9.88 Å². The van der Waals surface area contributed by atoms with E-state index in [9.17, 15) is 23.3 Å². The smallest absolute Gasteiger partial charge is 0.410 e. The highest BCUT2D eigenvalue weighted by atomic mass is 32.2. The van der Waals surface area contributed by atoms with Gasteiger partial charge in [-0.3, -0.25) is 10.1 Å². The molecule has 11 heteroatoms. The lowest BCUT2D eigenvalue weighted by atomic mass is 9.98. The summed E-state index contributed by atoms with van der Waals surface area (Å²) >= 11 is 0. The van der Waals surface area contributed by atoms with Gasteiger partial charge in [-0.2, -0.15) is 0 Å². The molecule has 1 atom stereocenters. The van der Waals surface area contributed by atoms with Crippen LogP contribution in [0.4, 0.5) is 16.2 Å². The number of sulfonamides is 1. The van der Waals surface area contributed by atoms with Crippen LogP contribution in [0.15, 0.2) is 23.1 Å². The Bertz CT molecular complexity index is 850. The van der Waals surface area contributed by atoms with Gasteiger partial charge in [0.15, 0.2) is 0 Å². The van der Waals surface area contributed by atoms with Crippen molar-refractivity contribution in [1.82, 2.24) is 4.90 Å². The van der Waals surface area contributed by atoms with Crippen molar-refractivity contribution in [3.05, 3.63) is 28.3 Å². The summed E-state index contributed by atoms with van der Waals surface area (Å²) in [6, 6.07) is 3.48. The zero-order valence-corrected chi connectivity index (χ0v) is 17.0. The van der Waals surface area contributed by atoms with E-state index in [-0.39, 0.29) is 28.3 Å². The quantitative estimate of drug-likeness (QED) is 0.555. The molecule has 1 aliphatic heterocycles. The third-order valence-electron chi connectivity index (χ3n) is 4.25. The average Bonchev–Trinajstić information content (AvgIpc) is 2.57. The Hall–Kier alpha value is -2.40. The molecular weight excluding hydrogens is 388 g/mol. The van der Waals surface area contributed by atoms with E-state index in [1.54, 1.807) is 25.7 Å². The number of carbonyl (C=O) groups is 1. The fourth-order valence-electron chi connectivity index (χ4n) is 2.97. The van der Waals surface area contributed by atoms with Gasteiger partial charge in [0.05, 0.1) is 9.82 Å². The lowest BCUT2D eigenvalue weighted by Crippen LogP contribution is -2.44. The van der Waals surface area contributed by atoms with Crippen molar-refractivity contribution >= 4 is 27.5 Å². The van der Waals surface area contributed by atoms with E-state index in [2.05, 4.69) is 5.32 Å². The summed E-state index contributed by atoms with van der Waals surface area (Å²) in [5.41, 5.74) is -0.744. The lowest BCUT2D eigenvalue weighted by molar-refractivity contribution is -0.384. The number of primary sulfonamides is 1. The maximum atomic E-state index is 12.2. The normalized spacial score (nSPS) is 17.9. The summed E-state index contributed by atoms with van der Waals surface area (Å²) in [4.78, 5) is 24.2. The van der Waals surface area contributed by atoms with Gasteiger partial charge in [-0.15, -0.1) is 0 Å². The van der Waals surface area contributed by atoms with Gasteiger partial charge < -0.3 is 15.0 Å². The molecule has 156 valence electrons. The van der Waals surface area contributed by atoms with Crippen molar-refractivity contribution in [1.29, 1.82) is 0 Å². The minimum atomic E-state index is -4.03. The zero-order valence-electron chi connectivity index (χ0n) is 16.2. The number of nitrogens with two attached hydrogens (primary N) is 1. The topological polar surface area (TPSA) is 145 Å². The van der Waals surface area contributed by atoms with Gasteiger partial charge in [-0.05, 0) is 51.7 Å². The molecule has 28 heavy (non-hydrogen) atoms. The van der Waals surface area contributed by atoms with E-state index in [1.165, 1.54) is 12.1 Å². The number of nitro benzene ring substituents is 1. The van der Waals surface area contributed by atoms with Crippen molar-refractivity contribution in [2.45, 2.75) is 44.1 Å². The second-order valence-electron chi connectivity index (χ2n) is 7.80. The van der Waals surface area contributed by atoms with E-state index >= 15 is 0 Å². The Morgan fingerprint density at radius 1 is 1.43 bits per heavy atom. The highest BCUT2D eigenvalue weighted by Gasteiger charge is 2.28. The number of benzene rings is 1. The lowest BCUT2D eigenvalue weighted by Gasteiger charge is -2.34. The summed E-state index contributed by atoms with van der Waals surface area (Å²) in [5, 5.41) is 19.3. The molecule has 0 aromatic heterocycles. The molecule has 1 fully saturated rings. The second kappa shape index (κ2) is 8.31. The molecule has 3 N–H and O–H groups in total. The first-order valence-corrected chi connectivity index (χ1v) is 10.4. The zero-order chi connectivity index (χ0) is 21.1. The van der Waals surface area contributed by atoms with Crippen LogP contribution in [0.2, 0.25) is 0 Å². The highest BCUT2D eigenvalue weighted by Crippen LogP contribution is 2.28. The number of nitro groups is 1. The first-order chi connectivity index (χ1) is 12.9. The summed E-state index contributed by atoms with van der Waals surface area (Å²) in [5.74, 6) is 0.0822. The summed E-state index contributed by atoms with van der Waals surface area (Å²) in [6.07, 6.45) is 1.29. The molecule has 1 aliphatic rings. The van der Waals surface area contributed by atoms with E-state index in [0.717, 1.165) is 18.9 Å². The number of nitrogens with one attached hydrogen (secondary N) is 1. The number of amides is 1. The number of hydrogen-bond acceptors (Lipinski definition) is 7. The SMILES string of the molecule is CC(C)(C)OC(=O)N1CCCC(CNc2ccc(S(N)(=O)=O)cc2[N+](=O)[O-])C1. The van der Waals surface area contributed by atoms with Gasteiger partial charge in [-0.25, -0.2) is 18.4 Å². The van der Waals surface area contributed by atoms with Crippen LogP contribution in [0.5, 0.6) is 0 Å². The monoisotopic (exact) mass is 414 g/mol. The van der Waals surface area contributed by atoms with E-state index in [1.807, 2.05) is 0 Å². The summed E-state index contributed by atoms with van der Waals surface area (Å²) in [7, 11) is -4.03. The molecule has 2 rings (SSSR count). The van der Waals surface area contributed by atoms with Crippen LogP contribution in [0.3, 0.4) is 0 Å². The largest absolute Gasteiger partial charge is 0.444 e. The van der Waals surface area contributed by atoms with Crippen LogP contribution >= 0.6 is 0 Å². The first kappa shape index (κ1) is 21.9. The van der Waals surface area contributed by atoms with Crippen LogP contribution in [0, 0.1) is 16.0 Å². The molecule has 0 spiro atoms. The Morgan fingerprint density at radius 2 is 2.11 bits per heavy atom. The van der Waals surface area contributed by atoms with Gasteiger partial charge in [0.25, 0.3) is 5.69 Å². The minimum Gasteiger partial charge on any atom is -0.444 e. The van der Waals surface area contributed by atoms with Gasteiger partial charge in [0.2, 0.25) is 10.0 Å². The third kappa shape index (κ3) is 6.06. The molecule has 1 amide bonds. The maximum Gasteiger partial charge on any atom is 0.410 e. The van der Waals surface area contributed by atoms with Crippen LogP contribution in [-0.4, -0.2) is 49.6 Å². The van der Waals surface area contributed by atoms with Crippen molar-refractivity contribution in [3.8, 4) is 0 Å². The molecule has 1 saturated heterocycles. The molecule has 0 aliphatic carbocycles. The van der Waals surface area contributed by atoms with E-state index in [0.29, 0.717) is 19.6 Å². The standard InChI is InChI=1S/C17H26N4O6S/c1-17(2,3)27-16(22)20-8-4-5-12(11-20)10-19-14-7-6-13(28(18,25)26)9-15(14)21(23)24/h6-7,9,12,19H,4-5,8,10-11H2,1-3H3,(H2,18,25,26). The van der Waals surface area contributed by atoms with Crippen molar-refractivity contribution in [2.24, 2.45) is 11.1 Å². The molecule has 10 nitrogen and oxygen atoms in total. The third-order valence-corrected chi connectivity index (χ3v) is 5.16. The van der Waals surface area contributed by atoms with Crippen molar-refractivity contribution < 1.29 is 22.9 Å². The fraction of sp³-hybridized carbons (Fsp3) is 0.588. The molecule has 0 bridgehead atoms. The number of anilines is 1. The van der Waals surface area contributed by atoms with Gasteiger partial charge >= 0.3 is 6.09 Å². The molecule has 0 saturated carbocycles. The number of rotatable bonds is 5. The Kier molecular flexibility index (Phi) is 6.50. The van der Waals surface area contributed by atoms with Gasteiger partial charge in [0, 0.05) is 25.7 Å². The Morgan fingerprint density at radius 3 is 2.68 bits per heavy atom. The van der Waals surface area contributed by atoms with Crippen LogP contribution < -0.4 is 10.5 Å². The van der Waals surface area contributed by atoms with Crippen LogP contribution in [0.25, 0.3) is 0 Å². The number of carbonyl (C=O) groups excluding carboxylic acids is 1.